The third-order valence-electron chi connectivity index (χ3n) is 29.3. The molecule has 0 saturated heterocycles. The maximum atomic E-state index is 9.93. The highest BCUT2D eigenvalue weighted by molar-refractivity contribution is 6.16. The molecule has 4 aromatic heterocycles. The molecule has 0 saturated carbocycles. The van der Waals surface area contributed by atoms with Crippen LogP contribution in [0, 0.1) is 133 Å². The second-order valence-corrected chi connectivity index (χ2v) is 40.4. The lowest BCUT2D eigenvalue weighted by Crippen LogP contribution is -2.00. The van der Waals surface area contributed by atoms with E-state index >= 15 is 0 Å². The van der Waals surface area contributed by atoms with Gasteiger partial charge in [0.2, 0.25) is 0 Å². The van der Waals surface area contributed by atoms with E-state index < -0.39 is 0 Å². The van der Waals surface area contributed by atoms with Crippen molar-refractivity contribution in [2.45, 2.75) is 96.9 Å². The van der Waals surface area contributed by atoms with Gasteiger partial charge < -0.3 is 18.3 Å². The van der Waals surface area contributed by atoms with Gasteiger partial charge in [0, 0.05) is 54.5 Å². The molecule has 0 radical (unpaired) electrons. The standard InChI is InChI=1S/C77H60N4.C61H44N4/c1-45-25-46(2)30-60(29-45)55-12-20-73-68(38-55)69-39-56(61-31-47(3)26-48(4)32-61)13-21-74(69)80(73)64-17-19-72(79-10)66(43-64)67-42-59(65-18-11-54(44-78)37-53(65)9)16-24-75(67)81-76-22-14-57(62-33-49(5)27-50(6)34-62)40-70(76)71-41-58(15-23-77(71)81)63-35-51(7)28-52(8)36-63;1-37-25-38(2)28-46(27-37)43-16-22-59-53(32-43)50-11-7-9-13-57(50)64(59)48-19-21-56(63-6)52(35-48)55-34-45(49-20-15-42(36-62)31-41(49)5)18-24-61(55)65-58-14-10-8-12-51(58)54-33-44(17-23-60(54)65)47-29-39(3)26-40(4)30-47/h11-43H,1-9H3;7-35H,1-5H3. The molecule has 0 fully saturated rings. The van der Waals surface area contributed by atoms with Crippen LogP contribution >= 0.6 is 0 Å². The Morgan fingerprint density at radius 2 is 0.425 bits per heavy atom. The number of aryl methyl sites for hydroxylation is 14. The van der Waals surface area contributed by atoms with Crippen LogP contribution in [0.25, 0.3) is 231 Å². The maximum Gasteiger partial charge on any atom is 0.195 e. The van der Waals surface area contributed by atoms with E-state index in [0.29, 0.717) is 22.5 Å². The highest BCUT2D eigenvalue weighted by Crippen LogP contribution is 2.50. The Labute approximate surface area is 852 Å². The molecule has 0 atom stereocenters. The summed E-state index contributed by atoms with van der Waals surface area (Å²) in [6.07, 6.45) is 0. The van der Waals surface area contributed by atoms with Crippen molar-refractivity contribution in [3.63, 3.8) is 0 Å². The van der Waals surface area contributed by atoms with Gasteiger partial charge >= 0.3 is 0 Å². The number of nitriles is 2. The average molecular weight is 1870 g/mol. The molecule has 0 aliphatic carbocycles. The molecule has 20 aromatic carbocycles. The first-order chi connectivity index (χ1) is 70.8. The predicted molar refractivity (Wildman–Crippen MR) is 613 cm³/mol. The normalized spacial score (nSPS) is 11.5. The van der Waals surface area contributed by atoms with Crippen LogP contribution in [-0.2, 0) is 0 Å². The van der Waals surface area contributed by atoms with Crippen molar-refractivity contribution in [1.29, 1.82) is 10.5 Å². The number of nitrogens with zero attached hydrogens (tertiary/aromatic N) is 8. The van der Waals surface area contributed by atoms with Crippen LogP contribution in [0.1, 0.15) is 89.0 Å². The van der Waals surface area contributed by atoms with E-state index in [2.05, 4.69) is 471 Å². The summed E-state index contributed by atoms with van der Waals surface area (Å²) in [7, 11) is 0. The summed E-state index contributed by atoms with van der Waals surface area (Å²) in [4.78, 5) is 8.51. The number of fused-ring (bicyclic) bond motifs is 12. The Morgan fingerprint density at radius 3 is 0.685 bits per heavy atom. The zero-order chi connectivity index (χ0) is 100. The van der Waals surface area contributed by atoms with Crippen molar-refractivity contribution >= 4 is 98.6 Å². The van der Waals surface area contributed by atoms with Crippen molar-refractivity contribution in [2.75, 3.05) is 0 Å². The summed E-state index contributed by atoms with van der Waals surface area (Å²) in [5, 5.41) is 29.0. The summed E-state index contributed by atoms with van der Waals surface area (Å²) in [5.41, 5.74) is 53.6. The van der Waals surface area contributed by atoms with Crippen LogP contribution in [-0.4, -0.2) is 18.3 Å². The molecule has 0 amide bonds. The molecular formula is C138H104N8. The van der Waals surface area contributed by atoms with Crippen molar-refractivity contribution < 1.29 is 0 Å². The van der Waals surface area contributed by atoms with Crippen molar-refractivity contribution in [3.05, 3.63) is 488 Å². The summed E-state index contributed by atoms with van der Waals surface area (Å²) in [6, 6.07) is 141. The molecule has 8 heteroatoms. The molecule has 24 aromatic rings. The fraction of sp³-hybridized carbons (Fsp3) is 0.101. The quantitative estimate of drug-likeness (QED) is 0.102. The third kappa shape index (κ3) is 16.5. The molecule has 0 N–H and O–H groups in total. The Balaban J connectivity index is 0.000000165. The Hall–Kier alpha value is -18.4. The van der Waals surface area contributed by atoms with Crippen LogP contribution < -0.4 is 0 Å². The van der Waals surface area contributed by atoms with E-state index in [0.717, 1.165) is 161 Å². The molecule has 0 aliphatic heterocycles. The van der Waals surface area contributed by atoms with Crippen molar-refractivity contribution in [2.24, 2.45) is 0 Å². The zero-order valence-corrected chi connectivity index (χ0v) is 84.4. The van der Waals surface area contributed by atoms with Crippen LogP contribution in [0.4, 0.5) is 11.4 Å². The van der Waals surface area contributed by atoms with Gasteiger partial charge in [0.05, 0.1) is 91.9 Å². The molecule has 146 heavy (non-hydrogen) atoms. The monoisotopic (exact) mass is 1870 g/mol. The molecule has 0 unspecified atom stereocenters. The minimum atomic E-state index is 0.554. The van der Waals surface area contributed by atoms with Gasteiger partial charge in [-0.3, -0.25) is 0 Å². The summed E-state index contributed by atoms with van der Waals surface area (Å²) in [5.74, 6) is 0. The van der Waals surface area contributed by atoms with Gasteiger partial charge in [-0.1, -0.05) is 285 Å². The van der Waals surface area contributed by atoms with Gasteiger partial charge in [-0.2, -0.15) is 10.5 Å². The molecule has 0 spiro atoms. The van der Waals surface area contributed by atoms with Gasteiger partial charge in [-0.15, -0.1) is 0 Å². The van der Waals surface area contributed by atoms with E-state index in [4.69, 9.17) is 13.1 Å². The number of rotatable bonds is 14. The molecular weight excluding hydrogens is 1770 g/mol. The second-order valence-electron chi connectivity index (χ2n) is 40.4. The fourth-order valence-corrected chi connectivity index (χ4v) is 23.3. The number of aromatic nitrogens is 4. The summed E-state index contributed by atoms with van der Waals surface area (Å²) < 4.78 is 9.51. The maximum absolute atomic E-state index is 9.93. The largest absolute Gasteiger partial charge is 0.309 e. The van der Waals surface area contributed by atoms with Crippen molar-refractivity contribution in [3.8, 4) is 146 Å². The summed E-state index contributed by atoms with van der Waals surface area (Å²) in [6.45, 7) is 47.6. The first-order valence-corrected chi connectivity index (χ1v) is 49.9. The van der Waals surface area contributed by atoms with E-state index in [9.17, 15) is 10.5 Å². The van der Waals surface area contributed by atoms with E-state index in [1.165, 1.54) is 139 Å². The predicted octanol–water partition coefficient (Wildman–Crippen LogP) is 37.6. The molecule has 696 valence electrons. The lowest BCUT2D eigenvalue weighted by atomic mass is 9.93. The first kappa shape index (κ1) is 91.3. The van der Waals surface area contributed by atoms with E-state index in [1.807, 2.05) is 42.5 Å². The van der Waals surface area contributed by atoms with Crippen LogP contribution in [0.3, 0.4) is 0 Å². The Bertz CT molecular complexity index is 9520. The van der Waals surface area contributed by atoms with Gasteiger partial charge in [0.15, 0.2) is 11.4 Å². The number of hydrogen-bond acceptors (Lipinski definition) is 2. The van der Waals surface area contributed by atoms with Crippen LogP contribution in [0.2, 0.25) is 0 Å². The van der Waals surface area contributed by atoms with Gasteiger partial charge in [0.1, 0.15) is 0 Å². The van der Waals surface area contributed by atoms with Crippen LogP contribution in [0.5, 0.6) is 0 Å². The van der Waals surface area contributed by atoms with Gasteiger partial charge in [-0.25, -0.2) is 9.69 Å². The highest BCUT2D eigenvalue weighted by Gasteiger charge is 2.27. The molecule has 0 aliphatic rings. The van der Waals surface area contributed by atoms with Crippen molar-refractivity contribution in [1.82, 2.24) is 18.3 Å². The lowest BCUT2D eigenvalue weighted by Gasteiger charge is -2.19. The third-order valence-corrected chi connectivity index (χ3v) is 29.3. The fourth-order valence-electron chi connectivity index (χ4n) is 23.3. The minimum Gasteiger partial charge on any atom is -0.309 e. The van der Waals surface area contributed by atoms with Crippen LogP contribution in [0.15, 0.2) is 376 Å². The highest BCUT2D eigenvalue weighted by atomic mass is 15.0. The SMILES string of the molecule is [C-]#[N+]c1ccc(-n2c3ccc(-c4cc(C)cc(C)c4)cc3c3cc(-c4cc(C)cc(C)c4)ccc32)cc1-c1cc(-c2ccc(C#N)cc2C)ccc1-n1c2ccc(-c3cc(C)cc(C)c3)cc2c2cc(-c3cc(C)cc(C)c3)ccc21.[C-]#[N+]c1ccc(-n2c3ccccc3c3cc(-c4cc(C)cc(C)c4)ccc32)cc1-c1cc(-c2ccc(C#N)cc2C)ccc1-n1c2ccccc2c2cc(-c3cc(C)cc(C)c3)ccc21. The molecule has 0 bridgehead atoms. The van der Waals surface area contributed by atoms with Gasteiger partial charge in [0.25, 0.3) is 0 Å². The minimum absolute atomic E-state index is 0.554. The van der Waals surface area contributed by atoms with E-state index in [-0.39, 0.29) is 0 Å². The first-order valence-electron chi connectivity index (χ1n) is 49.9. The second kappa shape index (κ2) is 36.6. The smallest absolute Gasteiger partial charge is 0.195 e. The summed E-state index contributed by atoms with van der Waals surface area (Å²) >= 11 is 0. The zero-order valence-electron chi connectivity index (χ0n) is 84.4. The van der Waals surface area contributed by atoms with Gasteiger partial charge in [-0.05, 0) is 377 Å². The number of benzene rings is 20. The topological polar surface area (TPSA) is 76.0 Å². The Kier molecular flexibility index (Phi) is 22.9. The lowest BCUT2D eigenvalue weighted by molar-refractivity contribution is 1.17. The number of para-hydroxylation sites is 2. The Morgan fingerprint density at radius 1 is 0.185 bits per heavy atom. The molecule has 4 heterocycles. The number of hydrogen-bond donors (Lipinski definition) is 0. The molecule has 24 rings (SSSR count). The average Bonchev–Trinajstić information content (AvgIpc) is 1.57. The van der Waals surface area contributed by atoms with E-state index in [1.54, 1.807) is 0 Å². The molecule has 8 nitrogen and oxygen atoms in total.